The van der Waals surface area contributed by atoms with Crippen molar-refractivity contribution in [2.45, 2.75) is 46.1 Å². The van der Waals surface area contributed by atoms with Gasteiger partial charge in [-0.05, 0) is 18.9 Å². The molecule has 0 aliphatic carbocycles. The molecule has 0 aliphatic rings. The highest BCUT2D eigenvalue weighted by molar-refractivity contribution is 8.76. The molecule has 0 fully saturated rings. The number of hydrogen-bond donors (Lipinski definition) is 2. The first-order valence-corrected chi connectivity index (χ1v) is 11.3. The van der Waals surface area contributed by atoms with E-state index in [0.717, 1.165) is 30.9 Å². The number of nitrogens with one attached hydrogen (secondary N) is 2. The standard InChI is InChI=1S/C18H29N3O2S2/c1-3-5-17(22)19-9-14-24-25-15-10-20-18(23)6-4-11-21-12-7-16(2)8-13-21/h7-8,12-13H,3-6,9-11,14-15H2,1-2H3,(H-,19,20,22,23)/p+1. The van der Waals surface area contributed by atoms with Crippen molar-refractivity contribution in [2.24, 2.45) is 0 Å². The fourth-order valence-electron chi connectivity index (χ4n) is 2.09. The third-order valence-corrected chi connectivity index (χ3v) is 5.86. The van der Waals surface area contributed by atoms with Crippen LogP contribution in [0.4, 0.5) is 0 Å². The second-order valence-electron chi connectivity index (χ2n) is 5.81. The van der Waals surface area contributed by atoms with E-state index in [0.29, 0.717) is 25.9 Å². The van der Waals surface area contributed by atoms with E-state index in [9.17, 15) is 9.59 Å². The minimum Gasteiger partial charge on any atom is -0.355 e. The minimum absolute atomic E-state index is 0.116. The zero-order valence-electron chi connectivity index (χ0n) is 15.3. The van der Waals surface area contributed by atoms with Gasteiger partial charge in [-0.1, -0.05) is 28.5 Å². The molecule has 0 unspecified atom stereocenters. The topological polar surface area (TPSA) is 62.1 Å². The van der Waals surface area contributed by atoms with E-state index >= 15 is 0 Å². The smallest absolute Gasteiger partial charge is 0.220 e. The maximum Gasteiger partial charge on any atom is 0.220 e. The number of hydrogen-bond acceptors (Lipinski definition) is 4. The summed E-state index contributed by atoms with van der Waals surface area (Å²) in [5.41, 5.74) is 1.24. The summed E-state index contributed by atoms with van der Waals surface area (Å²) in [4.78, 5) is 23.0. The van der Waals surface area contributed by atoms with Gasteiger partial charge in [-0.2, -0.15) is 0 Å². The number of amides is 2. The van der Waals surface area contributed by atoms with Crippen LogP contribution in [0.5, 0.6) is 0 Å². The number of nitrogens with zero attached hydrogens (tertiary/aromatic N) is 1. The fraction of sp³-hybridized carbons (Fsp3) is 0.611. The quantitative estimate of drug-likeness (QED) is 0.312. The van der Waals surface area contributed by atoms with Crippen molar-refractivity contribution in [1.29, 1.82) is 0 Å². The molecular formula is C18H30N3O2S2+. The van der Waals surface area contributed by atoms with Gasteiger partial charge in [0.05, 0.1) is 0 Å². The average molecular weight is 385 g/mol. The summed E-state index contributed by atoms with van der Waals surface area (Å²) in [7, 11) is 3.46. The van der Waals surface area contributed by atoms with Crippen molar-refractivity contribution in [2.75, 3.05) is 24.6 Å². The van der Waals surface area contributed by atoms with Crippen LogP contribution in [-0.2, 0) is 16.1 Å². The van der Waals surface area contributed by atoms with Crippen LogP contribution in [0, 0.1) is 6.92 Å². The Bertz CT molecular complexity index is 510. The Hall–Kier alpha value is -1.21. The van der Waals surface area contributed by atoms with Crippen molar-refractivity contribution >= 4 is 33.4 Å². The largest absolute Gasteiger partial charge is 0.355 e. The molecule has 0 saturated heterocycles. The lowest BCUT2D eigenvalue weighted by Crippen LogP contribution is -2.34. The van der Waals surface area contributed by atoms with Gasteiger partial charge in [0.25, 0.3) is 0 Å². The molecule has 0 spiro atoms. The molecule has 1 aromatic rings. The van der Waals surface area contributed by atoms with Crippen LogP contribution in [0.15, 0.2) is 24.5 Å². The molecule has 0 aliphatic heterocycles. The van der Waals surface area contributed by atoms with Gasteiger partial charge in [0.1, 0.15) is 6.54 Å². The molecule has 0 atom stereocenters. The lowest BCUT2D eigenvalue weighted by Gasteiger charge is -2.05. The van der Waals surface area contributed by atoms with Crippen LogP contribution in [0.25, 0.3) is 0 Å². The first kappa shape index (κ1) is 21.8. The lowest BCUT2D eigenvalue weighted by atomic mass is 10.2. The highest BCUT2D eigenvalue weighted by Crippen LogP contribution is 2.19. The molecule has 7 heteroatoms. The Morgan fingerprint density at radius 3 is 2.12 bits per heavy atom. The van der Waals surface area contributed by atoms with Gasteiger partial charge in [0.15, 0.2) is 12.4 Å². The highest BCUT2D eigenvalue weighted by Gasteiger charge is 2.04. The number of aromatic nitrogens is 1. The summed E-state index contributed by atoms with van der Waals surface area (Å²) in [6.45, 7) is 6.33. The van der Waals surface area contributed by atoms with Gasteiger partial charge in [0, 0.05) is 56.0 Å². The lowest BCUT2D eigenvalue weighted by molar-refractivity contribution is -0.697. The summed E-state index contributed by atoms with van der Waals surface area (Å²) in [6.07, 6.45) is 6.99. The zero-order chi connectivity index (χ0) is 18.3. The summed E-state index contributed by atoms with van der Waals surface area (Å²) in [5.74, 6) is 2.02. The predicted octanol–water partition coefficient (Wildman–Crippen LogP) is 2.48. The van der Waals surface area contributed by atoms with E-state index in [1.807, 2.05) is 19.3 Å². The van der Waals surface area contributed by atoms with Gasteiger partial charge >= 0.3 is 0 Å². The number of carbonyl (C=O) groups is 2. The van der Waals surface area contributed by atoms with Gasteiger partial charge in [0.2, 0.25) is 11.8 Å². The van der Waals surface area contributed by atoms with E-state index in [4.69, 9.17) is 0 Å². The van der Waals surface area contributed by atoms with E-state index in [-0.39, 0.29) is 11.8 Å². The van der Waals surface area contributed by atoms with Gasteiger partial charge in [-0.15, -0.1) is 0 Å². The molecular weight excluding hydrogens is 354 g/mol. The number of pyridine rings is 1. The molecule has 2 N–H and O–H groups in total. The Morgan fingerprint density at radius 2 is 1.56 bits per heavy atom. The molecule has 0 saturated carbocycles. The van der Waals surface area contributed by atoms with E-state index in [2.05, 4.69) is 34.3 Å². The fourth-order valence-corrected chi connectivity index (χ4v) is 3.90. The summed E-state index contributed by atoms with van der Waals surface area (Å²) >= 11 is 0. The zero-order valence-corrected chi connectivity index (χ0v) is 16.9. The van der Waals surface area contributed by atoms with Crippen LogP contribution in [0.3, 0.4) is 0 Å². The van der Waals surface area contributed by atoms with Crippen molar-refractivity contribution in [3.8, 4) is 0 Å². The van der Waals surface area contributed by atoms with E-state index in [1.165, 1.54) is 5.56 Å². The van der Waals surface area contributed by atoms with Crippen LogP contribution in [-0.4, -0.2) is 36.4 Å². The first-order valence-electron chi connectivity index (χ1n) is 8.85. The molecule has 1 heterocycles. The van der Waals surface area contributed by atoms with Crippen LogP contribution >= 0.6 is 21.6 Å². The average Bonchev–Trinajstić information content (AvgIpc) is 2.59. The summed E-state index contributed by atoms with van der Waals surface area (Å²) in [5, 5.41) is 5.84. The molecule has 0 bridgehead atoms. The molecule has 0 aromatic carbocycles. The normalized spacial score (nSPS) is 10.5. The summed E-state index contributed by atoms with van der Waals surface area (Å²) < 4.78 is 2.10. The molecule has 5 nitrogen and oxygen atoms in total. The molecule has 0 radical (unpaired) electrons. The molecule has 25 heavy (non-hydrogen) atoms. The third kappa shape index (κ3) is 11.9. The maximum atomic E-state index is 11.8. The molecule has 1 rings (SSSR count). The Kier molecular flexibility index (Phi) is 12.2. The highest BCUT2D eigenvalue weighted by atomic mass is 33.1. The number of carbonyl (C=O) groups excluding carboxylic acids is 2. The van der Waals surface area contributed by atoms with Crippen molar-refractivity contribution in [3.05, 3.63) is 30.1 Å². The maximum absolute atomic E-state index is 11.8. The Morgan fingerprint density at radius 1 is 1.00 bits per heavy atom. The SMILES string of the molecule is CCCC(=O)NCCSSCCNC(=O)CCC[n+]1ccc(C)cc1. The van der Waals surface area contributed by atoms with Crippen molar-refractivity contribution < 1.29 is 14.2 Å². The third-order valence-electron chi connectivity index (χ3n) is 3.45. The minimum atomic E-state index is 0.116. The second-order valence-corrected chi connectivity index (χ2v) is 8.51. The second kappa shape index (κ2) is 14.0. The van der Waals surface area contributed by atoms with Crippen LogP contribution < -0.4 is 15.2 Å². The monoisotopic (exact) mass is 384 g/mol. The molecule has 1 aromatic heterocycles. The van der Waals surface area contributed by atoms with Crippen molar-refractivity contribution in [1.82, 2.24) is 10.6 Å². The van der Waals surface area contributed by atoms with Gasteiger partial charge in [-0.25, -0.2) is 4.57 Å². The van der Waals surface area contributed by atoms with Crippen LogP contribution in [0.1, 0.15) is 38.2 Å². The van der Waals surface area contributed by atoms with Crippen molar-refractivity contribution in [3.63, 3.8) is 0 Å². The molecule has 140 valence electrons. The van der Waals surface area contributed by atoms with E-state index < -0.39 is 0 Å². The van der Waals surface area contributed by atoms with Gasteiger partial charge in [-0.3, -0.25) is 9.59 Å². The number of aryl methyl sites for hydroxylation is 2. The Labute approximate surface area is 159 Å². The first-order chi connectivity index (χ1) is 12.1. The predicted molar refractivity (Wildman–Crippen MR) is 106 cm³/mol. The molecule has 2 amide bonds. The van der Waals surface area contributed by atoms with Crippen LogP contribution in [0.2, 0.25) is 0 Å². The Balaban J connectivity index is 1.91. The van der Waals surface area contributed by atoms with E-state index in [1.54, 1.807) is 21.6 Å². The summed E-state index contributed by atoms with van der Waals surface area (Å²) in [6, 6.07) is 4.15. The number of rotatable bonds is 13. The van der Waals surface area contributed by atoms with Gasteiger partial charge < -0.3 is 10.6 Å².